The number of benzene rings is 2. The van der Waals surface area contributed by atoms with Crippen LogP contribution in [0.3, 0.4) is 0 Å². The zero-order chi connectivity index (χ0) is 48.6. The number of rotatable bonds is 10. The number of aromatic hydroxyl groups is 2. The van der Waals surface area contributed by atoms with Crippen molar-refractivity contribution in [1.82, 2.24) is 42.5 Å². The number of carboxylic acids is 2. The molecule has 71 heavy (non-hydrogen) atoms. The minimum absolute atomic E-state index is 0. The van der Waals surface area contributed by atoms with Crippen molar-refractivity contribution in [2.75, 3.05) is 21.7 Å². The SMILES string of the molecule is O=C(O)CN(c1ccc(O)cc1)S(=O)(=O)C1CCC2C3NC4NC(NC5NC(NC6NC(NC(N3)C2C1S(=O)(=O)N(CC(=O)O)c1ccc(O)cc1)C1CCCCC61)C1CCCCC51)C1CCCCC41.[Co]. The number of phenols is 2. The molecule has 8 bridgehead atoms. The normalized spacial score (nSPS) is 39.7. The Balaban J connectivity index is 0.00000582. The molecule has 2 aromatic carbocycles. The van der Waals surface area contributed by atoms with Gasteiger partial charge in [0.2, 0.25) is 20.0 Å². The third-order valence-corrected chi connectivity index (χ3v) is 22.8. The van der Waals surface area contributed by atoms with Gasteiger partial charge in [-0.3, -0.25) is 60.7 Å². The topological polar surface area (TPSA) is 286 Å². The van der Waals surface area contributed by atoms with E-state index in [1.807, 2.05) is 0 Å². The monoisotopic (exact) mass is 1070 g/mol. The van der Waals surface area contributed by atoms with Crippen molar-refractivity contribution >= 4 is 43.4 Å². The van der Waals surface area contributed by atoms with Crippen LogP contribution < -0.4 is 51.1 Å². The molecule has 18 unspecified atom stereocenters. The van der Waals surface area contributed by atoms with Crippen LogP contribution in [0.4, 0.5) is 11.4 Å². The number of sulfonamides is 2. The van der Waals surface area contributed by atoms with Gasteiger partial charge in [0.05, 0.1) is 66.0 Å². The quantitative estimate of drug-likeness (QED) is 0.162. The summed E-state index contributed by atoms with van der Waals surface area (Å²) in [5, 5.41) is 69.4. The molecular formula is C48H70CoN10O10S2. The molecule has 393 valence electrons. The minimum atomic E-state index is -5.02. The Morgan fingerprint density at radius 1 is 0.437 bits per heavy atom. The number of phenolic OH excluding ortho intramolecular Hbond substituents is 2. The summed E-state index contributed by atoms with van der Waals surface area (Å²) in [6.07, 6.45) is 11.4. The summed E-state index contributed by atoms with van der Waals surface area (Å²) < 4.78 is 64.6. The average molecular weight is 1070 g/mol. The number of nitrogens with one attached hydrogen (secondary N) is 8. The Labute approximate surface area is 426 Å². The van der Waals surface area contributed by atoms with Crippen LogP contribution in [0, 0.1) is 47.3 Å². The molecular weight excluding hydrogens is 1000 g/mol. The minimum Gasteiger partial charge on any atom is -0.508 e. The number of nitrogens with zero attached hydrogens (tertiary/aromatic N) is 2. The van der Waals surface area contributed by atoms with Crippen LogP contribution in [-0.2, 0) is 46.4 Å². The van der Waals surface area contributed by atoms with Gasteiger partial charge in [0, 0.05) is 22.7 Å². The van der Waals surface area contributed by atoms with Crippen molar-refractivity contribution < 1.29 is 63.6 Å². The van der Waals surface area contributed by atoms with Crippen molar-refractivity contribution in [3.05, 3.63) is 48.5 Å². The predicted molar refractivity (Wildman–Crippen MR) is 260 cm³/mol. The van der Waals surface area contributed by atoms with Gasteiger partial charge in [-0.25, -0.2) is 16.8 Å². The number of fused-ring (bicyclic) bond motifs is 20. The molecule has 2 aromatic rings. The second-order valence-electron chi connectivity index (χ2n) is 21.7. The molecule has 5 heterocycles. The third kappa shape index (κ3) is 9.57. The zero-order valence-electron chi connectivity index (χ0n) is 39.6. The maximum Gasteiger partial charge on any atom is 0.324 e. The molecule has 0 spiro atoms. The van der Waals surface area contributed by atoms with Crippen molar-refractivity contribution in [3.63, 3.8) is 0 Å². The van der Waals surface area contributed by atoms with Crippen LogP contribution in [0.15, 0.2) is 48.5 Å². The van der Waals surface area contributed by atoms with E-state index in [4.69, 9.17) is 0 Å². The first-order chi connectivity index (χ1) is 33.6. The maximum atomic E-state index is 16.0. The van der Waals surface area contributed by atoms with Gasteiger partial charge >= 0.3 is 11.9 Å². The molecule has 23 heteroatoms. The van der Waals surface area contributed by atoms with Gasteiger partial charge in [0.15, 0.2) is 0 Å². The first kappa shape index (κ1) is 51.2. The van der Waals surface area contributed by atoms with E-state index in [0.29, 0.717) is 22.1 Å². The fourth-order valence-corrected chi connectivity index (χ4v) is 20.2. The van der Waals surface area contributed by atoms with Gasteiger partial charge in [-0.05, 0) is 141 Å². The fourth-order valence-electron chi connectivity index (χ4n) is 15.1. The Morgan fingerprint density at radius 2 is 0.732 bits per heavy atom. The van der Waals surface area contributed by atoms with Gasteiger partial charge in [-0.1, -0.05) is 38.5 Å². The molecule has 0 aromatic heterocycles. The summed E-state index contributed by atoms with van der Waals surface area (Å²) in [5.41, 5.74) is -0.153. The molecule has 9 aliphatic rings. The van der Waals surface area contributed by atoms with E-state index in [-0.39, 0.29) is 107 Å². The van der Waals surface area contributed by atoms with E-state index in [2.05, 4.69) is 42.5 Å². The number of carbonyl (C=O) groups is 2. The van der Waals surface area contributed by atoms with Crippen LogP contribution in [0.1, 0.15) is 89.9 Å². The number of anilines is 2. The molecule has 9 fully saturated rings. The van der Waals surface area contributed by atoms with E-state index >= 15 is 16.8 Å². The first-order valence-electron chi connectivity index (χ1n) is 25.8. The average Bonchev–Trinajstić information content (AvgIpc) is 4.08. The summed E-state index contributed by atoms with van der Waals surface area (Å²) >= 11 is 0. The van der Waals surface area contributed by atoms with Gasteiger partial charge in [-0.2, -0.15) is 0 Å². The predicted octanol–water partition coefficient (Wildman–Crippen LogP) is 1.81. The Hall–Kier alpha value is -3.33. The standard InChI is InChI=1S/C48H70N10O10S2.Co/c59-27-17-13-25(14-18-27)57(23-37(61)62)69(65,66)36-22-21-35-39(40(36)70(67,68)58(24-38(63)64)26-15-19-28(60)20-16-26)48-55-46-34-12-6-5-11-33(34)44(53-46)51-42-30-8-2-1-7-29(30)41(49-42)50-43-31-9-3-4-10-32(31)45(52-43)54-47(35)56-48;/h13-20,29-36,39-56,59-60H,1-12,21-24H2,(H,61,62)(H,63,64);. The Kier molecular flexibility index (Phi) is 14.7. The van der Waals surface area contributed by atoms with Crippen LogP contribution >= 0.6 is 0 Å². The Bertz CT molecular complexity index is 2480. The van der Waals surface area contributed by atoms with E-state index < -0.39 is 79.7 Å². The number of aliphatic carboxylic acids is 2. The zero-order valence-corrected chi connectivity index (χ0v) is 42.3. The van der Waals surface area contributed by atoms with Gasteiger partial charge in [0.1, 0.15) is 29.8 Å². The van der Waals surface area contributed by atoms with Crippen molar-refractivity contribution in [2.24, 2.45) is 47.3 Å². The Morgan fingerprint density at radius 3 is 1.06 bits per heavy atom. The van der Waals surface area contributed by atoms with Gasteiger partial charge in [-0.15, -0.1) is 0 Å². The van der Waals surface area contributed by atoms with Crippen molar-refractivity contribution in [3.8, 4) is 11.5 Å². The van der Waals surface area contributed by atoms with Crippen LogP contribution in [0.25, 0.3) is 0 Å². The number of carboxylic acid groups (broad SMARTS) is 2. The molecule has 0 amide bonds. The molecule has 12 N–H and O–H groups in total. The molecule has 20 nitrogen and oxygen atoms in total. The van der Waals surface area contributed by atoms with Gasteiger partial charge in [0.25, 0.3) is 0 Å². The van der Waals surface area contributed by atoms with Crippen LogP contribution in [0.5, 0.6) is 11.5 Å². The van der Waals surface area contributed by atoms with Gasteiger partial charge < -0.3 is 20.4 Å². The van der Waals surface area contributed by atoms with E-state index in [1.165, 1.54) is 67.8 Å². The summed E-state index contributed by atoms with van der Waals surface area (Å²) in [4.78, 5) is 25.3. The first-order valence-corrected chi connectivity index (χ1v) is 28.8. The molecule has 5 saturated heterocycles. The van der Waals surface area contributed by atoms with Crippen LogP contribution in [-0.4, -0.2) is 122 Å². The fraction of sp³-hybridized carbons (Fsp3) is 0.708. The third-order valence-electron chi connectivity index (χ3n) is 18.1. The van der Waals surface area contributed by atoms with Crippen molar-refractivity contribution in [1.29, 1.82) is 0 Å². The number of hydrogen-bond donors (Lipinski definition) is 12. The molecule has 11 rings (SSSR count). The van der Waals surface area contributed by atoms with E-state index in [0.717, 1.165) is 62.1 Å². The molecule has 1 radical (unpaired) electrons. The molecule has 4 aliphatic carbocycles. The largest absolute Gasteiger partial charge is 0.508 e. The molecule has 5 aliphatic heterocycles. The summed E-state index contributed by atoms with van der Waals surface area (Å²) in [7, 11) is -9.94. The van der Waals surface area contributed by atoms with Crippen LogP contribution in [0.2, 0.25) is 0 Å². The summed E-state index contributed by atoms with van der Waals surface area (Å²) in [5.74, 6) is -2.85. The maximum absolute atomic E-state index is 16.0. The second-order valence-corrected chi connectivity index (χ2v) is 25.8. The smallest absolute Gasteiger partial charge is 0.324 e. The second kappa shape index (κ2) is 20.4. The molecule has 4 saturated carbocycles. The summed E-state index contributed by atoms with van der Waals surface area (Å²) in [6.45, 7) is -2.07. The number of hydrogen-bond acceptors (Lipinski definition) is 16. The summed E-state index contributed by atoms with van der Waals surface area (Å²) in [6, 6.07) is 10.1. The van der Waals surface area contributed by atoms with Crippen molar-refractivity contribution in [2.45, 2.75) is 150 Å². The van der Waals surface area contributed by atoms with E-state index in [9.17, 15) is 30.0 Å². The van der Waals surface area contributed by atoms with E-state index in [1.54, 1.807) is 0 Å². The molecule has 18 atom stereocenters.